The molecule has 0 saturated heterocycles. The molecule has 30 heavy (non-hydrogen) atoms. The van der Waals surface area contributed by atoms with Gasteiger partial charge < -0.3 is 14.8 Å². The molecule has 0 aromatic heterocycles. The summed E-state index contributed by atoms with van der Waals surface area (Å²) in [4.78, 5) is 0. The number of benzene rings is 3. The maximum Gasteiger partial charge on any atom is 0.161 e. The van der Waals surface area contributed by atoms with Gasteiger partial charge in [0.2, 0.25) is 0 Å². The lowest BCUT2D eigenvalue weighted by Gasteiger charge is -2.14. The van der Waals surface area contributed by atoms with E-state index < -0.39 is 0 Å². The number of rotatable bonds is 9. The van der Waals surface area contributed by atoms with Gasteiger partial charge >= 0.3 is 0 Å². The summed E-state index contributed by atoms with van der Waals surface area (Å²) in [5.41, 5.74) is 2.48. The lowest BCUT2D eigenvalue weighted by molar-refractivity contribution is 0.284. The molecule has 0 heterocycles. The van der Waals surface area contributed by atoms with E-state index >= 15 is 0 Å². The van der Waals surface area contributed by atoms with Crippen molar-refractivity contribution in [1.82, 2.24) is 5.32 Å². The number of methoxy groups -OCH3 is 1. The Morgan fingerprint density at radius 1 is 0.933 bits per heavy atom. The minimum atomic E-state index is -0.170. The van der Waals surface area contributed by atoms with Crippen LogP contribution in [0, 0.1) is 5.82 Å². The van der Waals surface area contributed by atoms with E-state index in [0.29, 0.717) is 46.6 Å². The smallest absolute Gasteiger partial charge is 0.161 e. The zero-order valence-electron chi connectivity index (χ0n) is 16.5. The summed E-state index contributed by atoms with van der Waals surface area (Å²) in [6.45, 7) is 1.56. The molecule has 7 heteroatoms. The summed E-state index contributed by atoms with van der Waals surface area (Å²) >= 11 is 12.4. The van der Waals surface area contributed by atoms with Crippen molar-refractivity contribution in [2.45, 2.75) is 19.6 Å². The van der Waals surface area contributed by atoms with Gasteiger partial charge in [0.15, 0.2) is 11.5 Å². The Hall–Kier alpha value is -1.98. The summed E-state index contributed by atoms with van der Waals surface area (Å²) in [7, 11) is 1.60. The highest BCUT2D eigenvalue weighted by Crippen LogP contribution is 2.31. The largest absolute Gasteiger partial charge is 0.493 e. The van der Waals surface area contributed by atoms with Gasteiger partial charge in [-0.15, -0.1) is 12.4 Å². The maximum atomic E-state index is 13.7. The maximum absolute atomic E-state index is 13.7. The Kier molecular flexibility index (Phi) is 9.73. The van der Waals surface area contributed by atoms with E-state index in [9.17, 15) is 4.39 Å². The molecule has 0 spiro atoms. The Balaban J connectivity index is 0.00000320. The minimum Gasteiger partial charge on any atom is -0.493 e. The second-order valence-electron chi connectivity index (χ2n) is 6.49. The Labute approximate surface area is 192 Å². The van der Waals surface area contributed by atoms with Gasteiger partial charge in [0, 0.05) is 22.2 Å². The van der Waals surface area contributed by atoms with Crippen molar-refractivity contribution in [3.05, 3.63) is 93.2 Å². The van der Waals surface area contributed by atoms with Crippen LogP contribution in [0.5, 0.6) is 11.5 Å². The van der Waals surface area contributed by atoms with Gasteiger partial charge in [0.1, 0.15) is 12.4 Å². The molecule has 0 aliphatic rings. The number of ether oxygens (including phenoxy) is 2. The molecular formula is C23H23Cl3FNO2. The first kappa shape index (κ1) is 24.3. The summed E-state index contributed by atoms with van der Waals surface area (Å²) in [5, 5.41) is 4.45. The van der Waals surface area contributed by atoms with Gasteiger partial charge in [-0.25, -0.2) is 4.39 Å². The van der Waals surface area contributed by atoms with Crippen LogP contribution in [0.4, 0.5) is 4.39 Å². The average Bonchev–Trinajstić information content (AvgIpc) is 2.72. The zero-order valence-corrected chi connectivity index (χ0v) is 18.8. The third-order valence-electron chi connectivity index (χ3n) is 4.52. The van der Waals surface area contributed by atoms with E-state index in [4.69, 9.17) is 32.7 Å². The van der Waals surface area contributed by atoms with Crippen molar-refractivity contribution >= 4 is 35.6 Å². The summed E-state index contributed by atoms with van der Waals surface area (Å²) < 4.78 is 25.0. The van der Waals surface area contributed by atoms with Gasteiger partial charge in [0.25, 0.3) is 0 Å². The Bertz CT molecular complexity index is 949. The van der Waals surface area contributed by atoms with E-state index in [1.165, 1.54) is 6.07 Å². The predicted molar refractivity (Wildman–Crippen MR) is 123 cm³/mol. The highest BCUT2D eigenvalue weighted by atomic mass is 35.5. The molecule has 0 aliphatic heterocycles. The van der Waals surface area contributed by atoms with Gasteiger partial charge in [-0.1, -0.05) is 53.5 Å². The fourth-order valence-corrected chi connectivity index (χ4v) is 3.42. The first-order valence-corrected chi connectivity index (χ1v) is 10.0. The molecule has 0 amide bonds. The monoisotopic (exact) mass is 469 g/mol. The van der Waals surface area contributed by atoms with Crippen LogP contribution < -0.4 is 14.8 Å². The molecule has 160 valence electrons. The number of hydrogen-bond donors (Lipinski definition) is 1. The van der Waals surface area contributed by atoms with Crippen LogP contribution in [0.25, 0.3) is 0 Å². The molecule has 3 rings (SSSR count). The molecule has 0 bridgehead atoms. The van der Waals surface area contributed by atoms with Crippen molar-refractivity contribution in [3.63, 3.8) is 0 Å². The van der Waals surface area contributed by atoms with Gasteiger partial charge in [-0.3, -0.25) is 0 Å². The third kappa shape index (κ3) is 6.51. The lowest BCUT2D eigenvalue weighted by Crippen LogP contribution is -2.17. The van der Waals surface area contributed by atoms with Gasteiger partial charge in [0.05, 0.1) is 7.11 Å². The van der Waals surface area contributed by atoms with Crippen molar-refractivity contribution in [1.29, 1.82) is 0 Å². The SMILES string of the molecule is COc1cc(CNCCc2ccccc2F)ccc1OCc1c(Cl)cccc1Cl.Cl. The zero-order chi connectivity index (χ0) is 20.6. The second-order valence-corrected chi connectivity index (χ2v) is 7.31. The average molecular weight is 471 g/mol. The molecule has 0 unspecified atom stereocenters. The third-order valence-corrected chi connectivity index (χ3v) is 5.23. The molecule has 0 atom stereocenters. The first-order chi connectivity index (χ1) is 14.1. The molecule has 3 aromatic rings. The Morgan fingerprint density at radius 3 is 2.37 bits per heavy atom. The quantitative estimate of drug-likeness (QED) is 0.363. The van der Waals surface area contributed by atoms with Crippen molar-refractivity contribution in [3.8, 4) is 11.5 Å². The lowest BCUT2D eigenvalue weighted by atomic mass is 10.1. The van der Waals surface area contributed by atoms with Crippen LogP contribution in [0.3, 0.4) is 0 Å². The van der Waals surface area contributed by atoms with Crippen molar-refractivity contribution in [2.75, 3.05) is 13.7 Å². The Morgan fingerprint density at radius 2 is 1.67 bits per heavy atom. The van der Waals surface area contributed by atoms with Crippen LogP contribution in [0.2, 0.25) is 10.0 Å². The summed E-state index contributed by atoms with van der Waals surface area (Å²) in [6.07, 6.45) is 0.629. The van der Waals surface area contributed by atoms with E-state index in [0.717, 1.165) is 11.1 Å². The second kappa shape index (κ2) is 12.0. The highest BCUT2D eigenvalue weighted by Gasteiger charge is 2.10. The molecule has 3 aromatic carbocycles. The number of nitrogens with one attached hydrogen (secondary N) is 1. The highest BCUT2D eigenvalue weighted by molar-refractivity contribution is 6.35. The predicted octanol–water partition coefficient (Wildman–Crippen LogP) is 6.47. The van der Waals surface area contributed by atoms with Crippen LogP contribution in [-0.2, 0) is 19.6 Å². The van der Waals surface area contributed by atoms with Crippen molar-refractivity contribution < 1.29 is 13.9 Å². The normalized spacial score (nSPS) is 10.4. The van der Waals surface area contributed by atoms with E-state index in [2.05, 4.69) is 5.32 Å². The number of halogens is 4. The van der Waals surface area contributed by atoms with Crippen LogP contribution in [0.1, 0.15) is 16.7 Å². The molecule has 1 N–H and O–H groups in total. The van der Waals surface area contributed by atoms with E-state index in [1.807, 2.05) is 24.3 Å². The molecule has 3 nitrogen and oxygen atoms in total. The fourth-order valence-electron chi connectivity index (χ4n) is 2.92. The summed E-state index contributed by atoms with van der Waals surface area (Å²) in [6, 6.07) is 17.9. The van der Waals surface area contributed by atoms with Crippen LogP contribution in [-0.4, -0.2) is 13.7 Å². The molecule has 0 fully saturated rings. The molecule has 0 aliphatic carbocycles. The van der Waals surface area contributed by atoms with Gasteiger partial charge in [-0.2, -0.15) is 0 Å². The fraction of sp³-hybridized carbons (Fsp3) is 0.217. The standard InChI is InChI=1S/C23H22Cl2FNO2.ClH/c1-28-23-13-16(14-27-12-11-17-5-2-3-8-21(17)26)9-10-22(23)29-15-18-19(24)6-4-7-20(18)25;/h2-10,13,27H,11-12,14-15H2,1H3;1H. The molecule has 0 saturated carbocycles. The van der Waals surface area contributed by atoms with E-state index in [-0.39, 0.29) is 24.8 Å². The van der Waals surface area contributed by atoms with E-state index in [1.54, 1.807) is 37.4 Å². The summed E-state index contributed by atoms with van der Waals surface area (Å²) in [5.74, 6) is 1.07. The topological polar surface area (TPSA) is 30.5 Å². The number of hydrogen-bond acceptors (Lipinski definition) is 3. The van der Waals surface area contributed by atoms with Crippen LogP contribution >= 0.6 is 35.6 Å². The van der Waals surface area contributed by atoms with Crippen molar-refractivity contribution in [2.24, 2.45) is 0 Å². The van der Waals surface area contributed by atoms with Crippen LogP contribution in [0.15, 0.2) is 60.7 Å². The minimum absolute atomic E-state index is 0. The molecule has 0 radical (unpaired) electrons. The van der Waals surface area contributed by atoms with Gasteiger partial charge in [-0.05, 0) is 54.4 Å². The molecular weight excluding hydrogens is 448 g/mol. The first-order valence-electron chi connectivity index (χ1n) is 9.25.